The van der Waals surface area contributed by atoms with Gasteiger partial charge in [-0.1, -0.05) is 6.07 Å². The average Bonchev–Trinajstić information content (AvgIpc) is 2.80. The predicted molar refractivity (Wildman–Crippen MR) is 72.1 cm³/mol. The molecule has 19 heavy (non-hydrogen) atoms. The smallest absolute Gasteiger partial charge is 0.338 e. The number of rotatable bonds is 3. The van der Waals surface area contributed by atoms with E-state index in [0.717, 1.165) is 11.3 Å². The summed E-state index contributed by atoms with van der Waals surface area (Å²) in [4.78, 5) is 22.9. The number of nitrogens with one attached hydrogen (secondary N) is 1. The van der Waals surface area contributed by atoms with Gasteiger partial charge in [0, 0.05) is 5.56 Å². The summed E-state index contributed by atoms with van der Waals surface area (Å²) in [5, 5.41) is 22.9. The average molecular weight is 277 g/mol. The number of hydrogen-bond acceptors (Lipinski definition) is 4. The molecule has 0 aliphatic carbocycles. The van der Waals surface area contributed by atoms with Crippen LogP contribution in [0.3, 0.4) is 0 Å². The molecule has 0 saturated carbocycles. The van der Waals surface area contributed by atoms with Gasteiger partial charge in [-0.2, -0.15) is 0 Å². The fourth-order valence-electron chi connectivity index (χ4n) is 1.50. The lowest BCUT2D eigenvalue weighted by atomic mass is 10.1. The summed E-state index contributed by atoms with van der Waals surface area (Å²) in [6.45, 7) is 1.72. The first-order valence-electron chi connectivity index (χ1n) is 5.41. The number of carbonyl (C=O) groups excluding carboxylic acids is 1. The van der Waals surface area contributed by atoms with Gasteiger partial charge in [0.15, 0.2) is 0 Å². The Morgan fingerprint density at radius 1 is 1.26 bits per heavy atom. The molecular formula is C13H11NO4S. The van der Waals surface area contributed by atoms with E-state index in [9.17, 15) is 14.7 Å². The molecule has 1 heterocycles. The normalized spacial score (nSPS) is 10.2. The minimum atomic E-state index is -1.09. The second kappa shape index (κ2) is 5.11. The third-order valence-electron chi connectivity index (χ3n) is 2.59. The molecule has 0 unspecified atom stereocenters. The van der Waals surface area contributed by atoms with Gasteiger partial charge in [0.2, 0.25) is 0 Å². The molecule has 1 aromatic heterocycles. The Balaban J connectivity index is 2.23. The first-order chi connectivity index (χ1) is 8.99. The van der Waals surface area contributed by atoms with E-state index in [1.165, 1.54) is 12.1 Å². The molecule has 0 bridgehead atoms. The lowest BCUT2D eigenvalue weighted by Crippen LogP contribution is -2.13. The molecule has 6 heteroatoms. The summed E-state index contributed by atoms with van der Waals surface area (Å²) < 4.78 is 0. The summed E-state index contributed by atoms with van der Waals surface area (Å²) in [7, 11) is 0. The number of hydrogen-bond donors (Lipinski definition) is 3. The van der Waals surface area contributed by atoms with Crippen molar-refractivity contribution >= 4 is 28.2 Å². The Morgan fingerprint density at radius 3 is 2.63 bits per heavy atom. The van der Waals surface area contributed by atoms with Gasteiger partial charge >= 0.3 is 5.97 Å². The fourth-order valence-corrected chi connectivity index (χ4v) is 2.27. The minimum Gasteiger partial charge on any atom is -0.508 e. The molecule has 98 valence electrons. The summed E-state index contributed by atoms with van der Waals surface area (Å²) in [5.74, 6) is -1.53. The van der Waals surface area contributed by atoms with Crippen LogP contribution in [0.2, 0.25) is 0 Å². The quantitative estimate of drug-likeness (QED) is 0.805. The number of carboxylic acids is 1. The molecule has 5 nitrogen and oxygen atoms in total. The first-order valence-corrected chi connectivity index (χ1v) is 6.28. The molecule has 0 aliphatic rings. The third kappa shape index (κ3) is 2.74. The van der Waals surface area contributed by atoms with E-state index in [1.54, 1.807) is 24.4 Å². The second-order valence-corrected chi connectivity index (χ2v) is 4.84. The number of aromatic hydroxyl groups is 1. The van der Waals surface area contributed by atoms with E-state index in [-0.39, 0.29) is 21.9 Å². The standard InChI is InChI=1S/C13H11NO4S/c1-7-2-3-8(6-10(7)15)11(16)14-12-9(13(17)18)4-5-19-12/h2-6,15H,1H3,(H,14,16)(H,17,18). The number of phenols is 1. The molecule has 0 aliphatic heterocycles. The van der Waals surface area contributed by atoms with Crippen molar-refractivity contribution in [3.8, 4) is 5.75 Å². The zero-order valence-corrected chi connectivity index (χ0v) is 10.8. The number of phenolic OH excluding ortho intramolecular Hbond substituents is 1. The van der Waals surface area contributed by atoms with E-state index >= 15 is 0 Å². The van der Waals surface area contributed by atoms with E-state index in [1.807, 2.05) is 0 Å². The number of aryl methyl sites for hydroxylation is 1. The summed E-state index contributed by atoms with van der Waals surface area (Å²) >= 11 is 1.13. The van der Waals surface area contributed by atoms with Crippen LogP contribution in [-0.4, -0.2) is 22.1 Å². The number of aromatic carboxylic acids is 1. The number of carboxylic acid groups (broad SMARTS) is 1. The minimum absolute atomic E-state index is 0.0253. The highest BCUT2D eigenvalue weighted by Crippen LogP contribution is 2.24. The van der Waals surface area contributed by atoms with Crippen LogP contribution in [-0.2, 0) is 0 Å². The molecule has 2 rings (SSSR count). The SMILES string of the molecule is Cc1ccc(C(=O)Nc2sccc2C(=O)O)cc1O. The zero-order valence-electron chi connectivity index (χ0n) is 10.0. The highest BCUT2D eigenvalue weighted by atomic mass is 32.1. The maximum absolute atomic E-state index is 11.9. The maximum Gasteiger partial charge on any atom is 0.338 e. The van der Waals surface area contributed by atoms with Gasteiger partial charge in [0.05, 0.1) is 5.56 Å². The largest absolute Gasteiger partial charge is 0.508 e. The third-order valence-corrected chi connectivity index (χ3v) is 3.42. The van der Waals surface area contributed by atoms with Gasteiger partial charge in [0.25, 0.3) is 5.91 Å². The number of amides is 1. The number of thiophene rings is 1. The van der Waals surface area contributed by atoms with Gasteiger partial charge in [-0.05, 0) is 36.1 Å². The highest BCUT2D eigenvalue weighted by Gasteiger charge is 2.15. The van der Waals surface area contributed by atoms with Crippen LogP contribution in [0.25, 0.3) is 0 Å². The molecule has 0 fully saturated rings. The van der Waals surface area contributed by atoms with E-state index < -0.39 is 11.9 Å². The van der Waals surface area contributed by atoms with E-state index in [2.05, 4.69) is 5.32 Å². The molecule has 1 amide bonds. The Morgan fingerprint density at radius 2 is 2.00 bits per heavy atom. The van der Waals surface area contributed by atoms with Crippen molar-refractivity contribution in [2.45, 2.75) is 6.92 Å². The van der Waals surface area contributed by atoms with Gasteiger partial charge in [-0.15, -0.1) is 11.3 Å². The number of anilines is 1. The molecular weight excluding hydrogens is 266 g/mol. The van der Waals surface area contributed by atoms with E-state index in [0.29, 0.717) is 5.56 Å². The van der Waals surface area contributed by atoms with Crippen LogP contribution in [0.4, 0.5) is 5.00 Å². The number of benzene rings is 1. The Labute approximate surface area is 113 Å². The predicted octanol–water partition coefficient (Wildman–Crippen LogP) is 2.71. The summed E-state index contributed by atoms with van der Waals surface area (Å²) in [6, 6.07) is 5.96. The van der Waals surface area contributed by atoms with Crippen molar-refractivity contribution in [2.24, 2.45) is 0 Å². The van der Waals surface area contributed by atoms with Crippen molar-refractivity contribution in [1.29, 1.82) is 0 Å². The topological polar surface area (TPSA) is 86.6 Å². The monoisotopic (exact) mass is 277 g/mol. The van der Waals surface area contributed by atoms with Crippen molar-refractivity contribution in [3.05, 3.63) is 46.3 Å². The van der Waals surface area contributed by atoms with Crippen LogP contribution < -0.4 is 5.32 Å². The lowest BCUT2D eigenvalue weighted by Gasteiger charge is -2.06. The van der Waals surface area contributed by atoms with Gasteiger partial charge in [-0.3, -0.25) is 4.79 Å². The highest BCUT2D eigenvalue weighted by molar-refractivity contribution is 7.14. The summed E-state index contributed by atoms with van der Waals surface area (Å²) in [5.41, 5.74) is 0.987. The molecule has 0 atom stereocenters. The van der Waals surface area contributed by atoms with Crippen LogP contribution >= 0.6 is 11.3 Å². The molecule has 0 radical (unpaired) electrons. The molecule has 3 N–H and O–H groups in total. The van der Waals surface area contributed by atoms with E-state index in [4.69, 9.17) is 5.11 Å². The Bertz CT molecular complexity index is 648. The van der Waals surface area contributed by atoms with Crippen LogP contribution in [0.1, 0.15) is 26.3 Å². The molecule has 1 aromatic carbocycles. The fraction of sp³-hybridized carbons (Fsp3) is 0.0769. The van der Waals surface area contributed by atoms with Crippen molar-refractivity contribution in [3.63, 3.8) is 0 Å². The molecule has 0 saturated heterocycles. The number of carbonyl (C=O) groups is 2. The molecule has 0 spiro atoms. The second-order valence-electron chi connectivity index (χ2n) is 3.92. The Hall–Kier alpha value is -2.34. The first kappa shape index (κ1) is 13.1. The Kier molecular flexibility index (Phi) is 3.52. The van der Waals surface area contributed by atoms with Crippen molar-refractivity contribution in [1.82, 2.24) is 0 Å². The maximum atomic E-state index is 11.9. The van der Waals surface area contributed by atoms with Crippen molar-refractivity contribution in [2.75, 3.05) is 5.32 Å². The van der Waals surface area contributed by atoms with Gasteiger partial charge in [-0.25, -0.2) is 4.79 Å². The molecule has 2 aromatic rings. The van der Waals surface area contributed by atoms with Crippen LogP contribution in [0.15, 0.2) is 29.6 Å². The van der Waals surface area contributed by atoms with Gasteiger partial charge in [0.1, 0.15) is 10.8 Å². The summed E-state index contributed by atoms with van der Waals surface area (Å²) in [6.07, 6.45) is 0. The van der Waals surface area contributed by atoms with Crippen molar-refractivity contribution < 1.29 is 19.8 Å². The van der Waals surface area contributed by atoms with Crippen LogP contribution in [0, 0.1) is 6.92 Å². The van der Waals surface area contributed by atoms with Gasteiger partial charge < -0.3 is 15.5 Å². The van der Waals surface area contributed by atoms with Crippen LogP contribution in [0.5, 0.6) is 5.75 Å². The zero-order chi connectivity index (χ0) is 14.0. The lowest BCUT2D eigenvalue weighted by molar-refractivity contribution is 0.0698.